The van der Waals surface area contributed by atoms with E-state index in [2.05, 4.69) is 0 Å². The summed E-state index contributed by atoms with van der Waals surface area (Å²) in [4.78, 5) is 12.3. The molecular formula is C18H16ClNO3. The summed E-state index contributed by atoms with van der Waals surface area (Å²) in [5.74, 6) is -0.0251. The second-order valence-corrected chi connectivity index (χ2v) is 5.44. The van der Waals surface area contributed by atoms with Gasteiger partial charge in [0, 0.05) is 5.02 Å². The van der Waals surface area contributed by atoms with Gasteiger partial charge in [-0.15, -0.1) is 0 Å². The van der Waals surface area contributed by atoms with Gasteiger partial charge in [-0.05, 0) is 48.4 Å². The van der Waals surface area contributed by atoms with Crippen molar-refractivity contribution in [3.63, 3.8) is 0 Å². The molecule has 0 aliphatic rings. The number of hydrogen-bond acceptors (Lipinski definition) is 4. The number of hydrogen-bond donors (Lipinski definition) is 0. The summed E-state index contributed by atoms with van der Waals surface area (Å²) in [6, 6.07) is 14.1. The van der Waals surface area contributed by atoms with Crippen molar-refractivity contribution in [1.29, 1.82) is 5.26 Å². The highest BCUT2D eigenvalue weighted by molar-refractivity contribution is 6.30. The Morgan fingerprint density at radius 1 is 1.30 bits per heavy atom. The summed E-state index contributed by atoms with van der Waals surface area (Å²) in [5.41, 5.74) is 1.42. The Morgan fingerprint density at radius 2 is 2.09 bits per heavy atom. The quantitative estimate of drug-likeness (QED) is 0.806. The lowest BCUT2D eigenvalue weighted by Gasteiger charge is -2.12. The second-order valence-electron chi connectivity index (χ2n) is 5.00. The summed E-state index contributed by atoms with van der Waals surface area (Å²) < 4.78 is 10.6. The number of ketones is 1. The molecule has 0 saturated carbocycles. The molecule has 2 aromatic carbocycles. The highest BCUT2D eigenvalue weighted by Gasteiger charge is 2.21. The van der Waals surface area contributed by atoms with Gasteiger partial charge in [0.1, 0.15) is 24.0 Å². The number of aryl methyl sites for hydroxylation is 1. The minimum Gasteiger partial charge on any atom is -0.497 e. The minimum atomic E-state index is -0.891. The Morgan fingerprint density at radius 3 is 2.74 bits per heavy atom. The number of rotatable bonds is 6. The van der Waals surface area contributed by atoms with Crippen molar-refractivity contribution in [2.45, 2.75) is 12.8 Å². The maximum atomic E-state index is 12.3. The third-order valence-corrected chi connectivity index (χ3v) is 3.62. The lowest BCUT2D eigenvalue weighted by atomic mass is 9.96. The highest BCUT2D eigenvalue weighted by Crippen LogP contribution is 2.24. The summed E-state index contributed by atoms with van der Waals surface area (Å²) in [5, 5.41) is 9.92. The first-order chi connectivity index (χ1) is 11.0. The van der Waals surface area contributed by atoms with E-state index in [9.17, 15) is 10.1 Å². The fourth-order valence-corrected chi connectivity index (χ4v) is 2.39. The van der Waals surface area contributed by atoms with Crippen LogP contribution in [0.3, 0.4) is 0 Å². The third-order valence-electron chi connectivity index (χ3n) is 3.39. The molecule has 2 aromatic rings. The molecule has 1 atom stereocenters. The van der Waals surface area contributed by atoms with Crippen molar-refractivity contribution in [3.05, 3.63) is 58.6 Å². The van der Waals surface area contributed by atoms with Gasteiger partial charge >= 0.3 is 0 Å². The molecular weight excluding hydrogens is 314 g/mol. The topological polar surface area (TPSA) is 59.3 Å². The molecule has 0 aromatic heterocycles. The number of benzene rings is 2. The maximum absolute atomic E-state index is 12.3. The Balaban J connectivity index is 2.10. The van der Waals surface area contributed by atoms with Crippen LogP contribution in [0.4, 0.5) is 0 Å². The molecule has 2 rings (SSSR count). The van der Waals surface area contributed by atoms with Crippen molar-refractivity contribution < 1.29 is 14.3 Å². The smallest absolute Gasteiger partial charge is 0.191 e. The molecule has 118 valence electrons. The SMILES string of the molecule is COc1cccc(C(C#N)C(=O)COc2ccc(Cl)cc2C)c1. The predicted octanol–water partition coefficient (Wildman–Crippen LogP) is 3.91. The molecule has 0 bridgehead atoms. The van der Waals surface area contributed by atoms with E-state index in [0.717, 1.165) is 5.56 Å². The zero-order valence-corrected chi connectivity index (χ0v) is 13.6. The zero-order valence-electron chi connectivity index (χ0n) is 12.9. The third kappa shape index (κ3) is 4.24. The van der Waals surface area contributed by atoms with Crippen molar-refractivity contribution >= 4 is 17.4 Å². The van der Waals surface area contributed by atoms with Crippen molar-refractivity contribution in [2.24, 2.45) is 0 Å². The van der Waals surface area contributed by atoms with Crippen molar-refractivity contribution in [2.75, 3.05) is 13.7 Å². The van der Waals surface area contributed by atoms with Gasteiger partial charge in [-0.1, -0.05) is 23.7 Å². The molecule has 0 spiro atoms. The van der Waals surface area contributed by atoms with Crippen LogP contribution in [0.2, 0.25) is 5.02 Å². The van der Waals surface area contributed by atoms with Crippen LogP contribution in [-0.2, 0) is 4.79 Å². The largest absolute Gasteiger partial charge is 0.497 e. The van der Waals surface area contributed by atoms with E-state index in [1.807, 2.05) is 13.0 Å². The lowest BCUT2D eigenvalue weighted by molar-refractivity contribution is -0.121. The summed E-state index contributed by atoms with van der Waals surface area (Å²) in [6.45, 7) is 1.66. The summed E-state index contributed by atoms with van der Waals surface area (Å²) in [6.07, 6.45) is 0. The van der Waals surface area contributed by atoms with E-state index in [0.29, 0.717) is 22.1 Å². The fourth-order valence-electron chi connectivity index (χ4n) is 2.16. The number of carbonyl (C=O) groups excluding carboxylic acids is 1. The molecule has 4 nitrogen and oxygen atoms in total. The monoisotopic (exact) mass is 329 g/mol. The Bertz CT molecular complexity index is 752. The average Bonchev–Trinajstić information content (AvgIpc) is 2.55. The van der Waals surface area contributed by atoms with E-state index < -0.39 is 5.92 Å². The molecule has 5 heteroatoms. The molecule has 0 N–H and O–H groups in total. The van der Waals surface area contributed by atoms with Gasteiger partial charge in [-0.25, -0.2) is 0 Å². The summed E-state index contributed by atoms with van der Waals surface area (Å²) >= 11 is 5.88. The van der Waals surface area contributed by atoms with Gasteiger partial charge in [0.2, 0.25) is 0 Å². The highest BCUT2D eigenvalue weighted by atomic mass is 35.5. The first kappa shape index (κ1) is 16.9. The van der Waals surface area contributed by atoms with Crippen LogP contribution in [0, 0.1) is 18.3 Å². The van der Waals surface area contributed by atoms with Gasteiger partial charge < -0.3 is 9.47 Å². The number of ether oxygens (including phenoxy) is 2. The Labute approximate surface area is 140 Å². The van der Waals surface area contributed by atoms with Gasteiger partial charge in [0.05, 0.1) is 13.2 Å². The molecule has 1 unspecified atom stereocenters. The lowest BCUT2D eigenvalue weighted by Crippen LogP contribution is -2.19. The van der Waals surface area contributed by atoms with Crippen LogP contribution in [0.25, 0.3) is 0 Å². The molecule has 0 amide bonds. The molecule has 0 aliphatic heterocycles. The second kappa shape index (κ2) is 7.66. The molecule has 0 saturated heterocycles. The van der Waals surface area contributed by atoms with Crippen LogP contribution in [0.1, 0.15) is 17.0 Å². The number of Topliss-reactive ketones (excluding diaryl/α,β-unsaturated/α-hetero) is 1. The average molecular weight is 330 g/mol. The molecule has 0 radical (unpaired) electrons. The fraction of sp³-hybridized carbons (Fsp3) is 0.222. The van der Waals surface area contributed by atoms with E-state index in [1.165, 1.54) is 7.11 Å². The number of nitriles is 1. The van der Waals surface area contributed by atoms with Crippen molar-refractivity contribution in [3.8, 4) is 17.6 Å². The maximum Gasteiger partial charge on any atom is 0.191 e. The molecule has 0 heterocycles. The van der Waals surface area contributed by atoms with Crippen LogP contribution in [0.15, 0.2) is 42.5 Å². The minimum absolute atomic E-state index is 0.183. The number of carbonyl (C=O) groups is 1. The van der Waals surface area contributed by atoms with Gasteiger partial charge in [-0.3, -0.25) is 4.79 Å². The van der Waals surface area contributed by atoms with Gasteiger partial charge in [0.15, 0.2) is 5.78 Å². The van der Waals surface area contributed by atoms with Crippen LogP contribution in [-0.4, -0.2) is 19.5 Å². The van der Waals surface area contributed by atoms with Crippen molar-refractivity contribution in [1.82, 2.24) is 0 Å². The van der Waals surface area contributed by atoms with Gasteiger partial charge in [0.25, 0.3) is 0 Å². The van der Waals surface area contributed by atoms with Crippen LogP contribution < -0.4 is 9.47 Å². The number of methoxy groups -OCH3 is 1. The predicted molar refractivity (Wildman–Crippen MR) is 88.0 cm³/mol. The zero-order chi connectivity index (χ0) is 16.8. The molecule has 0 fully saturated rings. The van der Waals surface area contributed by atoms with Crippen LogP contribution in [0.5, 0.6) is 11.5 Å². The van der Waals surface area contributed by atoms with Crippen LogP contribution >= 0.6 is 11.6 Å². The number of nitrogens with zero attached hydrogens (tertiary/aromatic N) is 1. The standard InChI is InChI=1S/C18H16ClNO3/c1-12-8-14(19)6-7-18(12)23-11-17(21)16(10-20)13-4-3-5-15(9-13)22-2/h3-9,16H,11H2,1-2H3. The number of halogens is 1. The van der Waals surface area contributed by atoms with E-state index >= 15 is 0 Å². The summed E-state index contributed by atoms with van der Waals surface area (Å²) in [7, 11) is 1.54. The Kier molecular flexibility index (Phi) is 5.61. The first-order valence-corrected chi connectivity index (χ1v) is 7.38. The molecule has 23 heavy (non-hydrogen) atoms. The van der Waals surface area contributed by atoms with E-state index in [1.54, 1.807) is 42.5 Å². The normalized spacial score (nSPS) is 11.4. The Hall–Kier alpha value is -2.51. The molecule has 0 aliphatic carbocycles. The van der Waals surface area contributed by atoms with Gasteiger partial charge in [-0.2, -0.15) is 5.26 Å². The first-order valence-electron chi connectivity index (χ1n) is 7.00. The van der Waals surface area contributed by atoms with E-state index in [4.69, 9.17) is 21.1 Å². The van der Waals surface area contributed by atoms with E-state index in [-0.39, 0.29) is 12.4 Å².